The predicted octanol–water partition coefficient (Wildman–Crippen LogP) is 1.59. The highest BCUT2D eigenvalue weighted by Crippen LogP contribution is 2.28. The molecule has 1 aromatic carbocycles. The van der Waals surface area contributed by atoms with Crippen LogP contribution in [0, 0.1) is 0 Å². The number of benzene rings is 1. The lowest BCUT2D eigenvalue weighted by Gasteiger charge is -2.21. The van der Waals surface area contributed by atoms with Gasteiger partial charge < -0.3 is 0 Å². The van der Waals surface area contributed by atoms with Crippen LogP contribution in [-0.2, 0) is 17.8 Å². The van der Waals surface area contributed by atoms with Crippen LogP contribution < -0.4 is 11.3 Å². The van der Waals surface area contributed by atoms with Gasteiger partial charge in [0, 0.05) is 12.6 Å². The molecule has 19 heavy (non-hydrogen) atoms. The van der Waals surface area contributed by atoms with E-state index < -0.39 is 0 Å². The number of amides is 1. The molecule has 1 fully saturated rings. The summed E-state index contributed by atoms with van der Waals surface area (Å²) in [6.07, 6.45) is 4.23. The van der Waals surface area contributed by atoms with Crippen molar-refractivity contribution in [2.45, 2.75) is 45.2 Å². The van der Waals surface area contributed by atoms with Crippen LogP contribution in [0.3, 0.4) is 0 Å². The van der Waals surface area contributed by atoms with E-state index in [4.69, 9.17) is 5.84 Å². The average molecular weight is 261 g/mol. The van der Waals surface area contributed by atoms with Crippen molar-refractivity contribution < 1.29 is 4.79 Å². The molecular formula is C15H23N3O. The molecule has 4 nitrogen and oxygen atoms in total. The number of nitrogens with one attached hydrogen (secondary N) is 1. The van der Waals surface area contributed by atoms with Gasteiger partial charge in [0.15, 0.2) is 0 Å². The van der Waals surface area contributed by atoms with Crippen molar-refractivity contribution >= 4 is 5.91 Å². The first-order valence-corrected chi connectivity index (χ1v) is 7.04. The van der Waals surface area contributed by atoms with Crippen LogP contribution in [0.25, 0.3) is 0 Å². The Hall–Kier alpha value is -1.39. The fourth-order valence-corrected chi connectivity index (χ4v) is 2.35. The van der Waals surface area contributed by atoms with Crippen molar-refractivity contribution in [2.75, 3.05) is 6.54 Å². The van der Waals surface area contributed by atoms with Crippen molar-refractivity contribution in [3.63, 3.8) is 0 Å². The van der Waals surface area contributed by atoms with Gasteiger partial charge in [-0.05, 0) is 36.9 Å². The van der Waals surface area contributed by atoms with E-state index in [9.17, 15) is 4.79 Å². The molecule has 104 valence electrons. The summed E-state index contributed by atoms with van der Waals surface area (Å²) in [5.41, 5.74) is 4.47. The van der Waals surface area contributed by atoms with E-state index in [1.165, 1.54) is 31.4 Å². The highest BCUT2D eigenvalue weighted by atomic mass is 16.2. The molecule has 1 saturated carbocycles. The summed E-state index contributed by atoms with van der Waals surface area (Å²) in [5, 5.41) is 0. The lowest BCUT2D eigenvalue weighted by atomic mass is 10.1. The van der Waals surface area contributed by atoms with Crippen molar-refractivity contribution in [3.8, 4) is 0 Å². The molecule has 0 aliphatic heterocycles. The van der Waals surface area contributed by atoms with Crippen LogP contribution >= 0.6 is 0 Å². The van der Waals surface area contributed by atoms with E-state index in [0.717, 1.165) is 18.2 Å². The Balaban J connectivity index is 1.91. The molecule has 0 aromatic heterocycles. The number of carbonyl (C=O) groups is 1. The van der Waals surface area contributed by atoms with Gasteiger partial charge in [-0.2, -0.15) is 0 Å². The molecule has 0 unspecified atom stereocenters. The lowest BCUT2D eigenvalue weighted by Crippen LogP contribution is -2.31. The predicted molar refractivity (Wildman–Crippen MR) is 76.2 cm³/mol. The molecule has 0 radical (unpaired) electrons. The smallest absolute Gasteiger partial charge is 0.238 e. The third-order valence-corrected chi connectivity index (χ3v) is 3.51. The van der Waals surface area contributed by atoms with Gasteiger partial charge in [-0.25, -0.2) is 5.84 Å². The monoisotopic (exact) mass is 261 g/mol. The van der Waals surface area contributed by atoms with Crippen LogP contribution in [0.2, 0.25) is 0 Å². The minimum Gasteiger partial charge on any atom is -0.296 e. The Morgan fingerprint density at radius 3 is 2.47 bits per heavy atom. The summed E-state index contributed by atoms with van der Waals surface area (Å²) in [6.45, 7) is 4.41. The Labute approximate surface area is 114 Å². The second kappa shape index (κ2) is 6.68. The van der Waals surface area contributed by atoms with E-state index in [-0.39, 0.29) is 5.91 Å². The third kappa shape index (κ3) is 4.33. The van der Waals surface area contributed by atoms with E-state index >= 15 is 0 Å². The van der Waals surface area contributed by atoms with Crippen LogP contribution in [0.15, 0.2) is 24.3 Å². The number of carbonyl (C=O) groups excluding carboxylic acids is 1. The Morgan fingerprint density at radius 1 is 1.32 bits per heavy atom. The molecule has 0 heterocycles. The molecule has 0 spiro atoms. The largest absolute Gasteiger partial charge is 0.296 e. The molecule has 1 amide bonds. The van der Waals surface area contributed by atoms with Crippen LogP contribution in [0.4, 0.5) is 0 Å². The van der Waals surface area contributed by atoms with Gasteiger partial charge in [0.05, 0.1) is 6.42 Å². The standard InChI is InChI=1S/C15H23N3O/c1-2-9-18(14-7-8-14)11-13-5-3-12(4-6-13)10-15(19)17-16/h3-6,14H,2,7-11,16H2,1H3,(H,17,19). The van der Waals surface area contributed by atoms with Gasteiger partial charge >= 0.3 is 0 Å². The van der Waals surface area contributed by atoms with Gasteiger partial charge in [0.25, 0.3) is 0 Å². The zero-order valence-corrected chi connectivity index (χ0v) is 11.6. The lowest BCUT2D eigenvalue weighted by molar-refractivity contribution is -0.120. The highest BCUT2D eigenvalue weighted by Gasteiger charge is 2.28. The molecule has 3 N–H and O–H groups in total. The molecule has 0 atom stereocenters. The average Bonchev–Trinajstić information content (AvgIpc) is 3.24. The molecular weight excluding hydrogens is 238 g/mol. The first kappa shape index (κ1) is 14.0. The minimum absolute atomic E-state index is 0.154. The number of hydrazine groups is 1. The van der Waals surface area contributed by atoms with E-state index in [0.29, 0.717) is 6.42 Å². The molecule has 1 aromatic rings. The molecule has 0 saturated heterocycles. The van der Waals surface area contributed by atoms with Crippen LogP contribution in [0.5, 0.6) is 0 Å². The fraction of sp³-hybridized carbons (Fsp3) is 0.533. The van der Waals surface area contributed by atoms with Crippen LogP contribution in [-0.4, -0.2) is 23.4 Å². The summed E-state index contributed by atoms with van der Waals surface area (Å²) >= 11 is 0. The first-order valence-electron chi connectivity index (χ1n) is 7.04. The summed E-state index contributed by atoms with van der Waals surface area (Å²) in [6, 6.07) is 9.06. The van der Waals surface area contributed by atoms with Crippen molar-refractivity contribution in [1.29, 1.82) is 0 Å². The number of nitrogens with zero attached hydrogens (tertiary/aromatic N) is 1. The Kier molecular flexibility index (Phi) is 4.93. The van der Waals surface area contributed by atoms with Crippen molar-refractivity contribution in [1.82, 2.24) is 10.3 Å². The molecule has 1 aliphatic rings. The maximum absolute atomic E-state index is 11.2. The van der Waals surface area contributed by atoms with Gasteiger partial charge in [0.1, 0.15) is 0 Å². The summed E-state index contributed by atoms with van der Waals surface area (Å²) < 4.78 is 0. The Morgan fingerprint density at radius 2 is 1.95 bits per heavy atom. The van der Waals surface area contributed by atoms with Crippen molar-refractivity contribution in [2.24, 2.45) is 5.84 Å². The molecule has 2 rings (SSSR count). The fourth-order valence-electron chi connectivity index (χ4n) is 2.35. The van der Waals surface area contributed by atoms with Crippen LogP contribution in [0.1, 0.15) is 37.3 Å². The van der Waals surface area contributed by atoms with E-state index in [1.54, 1.807) is 0 Å². The molecule has 0 bridgehead atoms. The van der Waals surface area contributed by atoms with E-state index in [2.05, 4.69) is 29.4 Å². The number of nitrogens with two attached hydrogens (primary N) is 1. The maximum Gasteiger partial charge on any atom is 0.238 e. The van der Waals surface area contributed by atoms with Gasteiger partial charge in [-0.1, -0.05) is 31.2 Å². The van der Waals surface area contributed by atoms with Gasteiger partial charge in [-0.3, -0.25) is 15.1 Å². The third-order valence-electron chi connectivity index (χ3n) is 3.51. The summed E-state index contributed by atoms with van der Waals surface area (Å²) in [7, 11) is 0. The number of hydrogen-bond donors (Lipinski definition) is 2. The van der Waals surface area contributed by atoms with Crippen molar-refractivity contribution in [3.05, 3.63) is 35.4 Å². The summed E-state index contributed by atoms with van der Waals surface area (Å²) in [4.78, 5) is 13.7. The number of hydrogen-bond acceptors (Lipinski definition) is 3. The topological polar surface area (TPSA) is 58.4 Å². The second-order valence-electron chi connectivity index (χ2n) is 5.26. The molecule has 1 aliphatic carbocycles. The summed E-state index contributed by atoms with van der Waals surface area (Å²) in [5.74, 6) is 4.93. The zero-order valence-electron chi connectivity index (χ0n) is 11.6. The molecule has 4 heteroatoms. The number of rotatable bonds is 7. The minimum atomic E-state index is -0.154. The van der Waals surface area contributed by atoms with E-state index in [1.807, 2.05) is 12.1 Å². The highest BCUT2D eigenvalue weighted by molar-refractivity contribution is 5.77. The first-order chi connectivity index (χ1) is 9.22. The maximum atomic E-state index is 11.2. The zero-order chi connectivity index (χ0) is 13.7. The normalized spacial score (nSPS) is 14.7. The SMILES string of the molecule is CCCN(Cc1ccc(CC(=O)NN)cc1)C1CC1. The van der Waals surface area contributed by atoms with Gasteiger partial charge in [-0.15, -0.1) is 0 Å². The second-order valence-corrected chi connectivity index (χ2v) is 5.26. The quantitative estimate of drug-likeness (QED) is 0.445. The van der Waals surface area contributed by atoms with Gasteiger partial charge in [0.2, 0.25) is 5.91 Å². The Bertz CT molecular complexity index is 412.